The minimum Gasteiger partial charge on any atom is -0.377 e. The number of guanidine groups is 1. The highest BCUT2D eigenvalue weighted by Crippen LogP contribution is 2.37. The van der Waals surface area contributed by atoms with Gasteiger partial charge in [0, 0.05) is 24.6 Å². The van der Waals surface area contributed by atoms with Gasteiger partial charge in [0.05, 0.1) is 11.6 Å². The van der Waals surface area contributed by atoms with Crippen molar-refractivity contribution in [3.05, 3.63) is 35.0 Å². The first-order chi connectivity index (χ1) is 10.0. The second-order valence-electron chi connectivity index (χ2n) is 5.27. The molecule has 1 aliphatic heterocycles. The highest BCUT2D eigenvalue weighted by atomic mass is 16.5. The van der Waals surface area contributed by atoms with E-state index in [4.69, 9.17) is 16.2 Å². The van der Waals surface area contributed by atoms with Crippen LogP contribution < -0.4 is 11.5 Å². The van der Waals surface area contributed by atoms with Gasteiger partial charge in [0.1, 0.15) is 5.69 Å². The van der Waals surface area contributed by atoms with E-state index < -0.39 is 5.91 Å². The van der Waals surface area contributed by atoms with E-state index in [1.54, 1.807) is 7.11 Å². The summed E-state index contributed by atoms with van der Waals surface area (Å²) in [6, 6.07) is 5.98. The molecule has 2 heterocycles. The molecule has 1 unspecified atom stereocenters. The lowest BCUT2D eigenvalue weighted by Gasteiger charge is -2.25. The van der Waals surface area contributed by atoms with Gasteiger partial charge in [0.2, 0.25) is 0 Å². The molecule has 6 nitrogen and oxygen atoms in total. The number of aliphatic imine (C=N–C) groups is 1. The molecule has 3 rings (SSSR count). The zero-order valence-corrected chi connectivity index (χ0v) is 12.1. The van der Waals surface area contributed by atoms with Gasteiger partial charge in [-0.2, -0.15) is 4.99 Å². The lowest BCUT2D eigenvalue weighted by molar-refractivity contribution is 0.0872. The van der Waals surface area contributed by atoms with E-state index in [-0.39, 0.29) is 19.5 Å². The molecule has 1 aromatic carbocycles. The zero-order chi connectivity index (χ0) is 15.1. The van der Waals surface area contributed by atoms with Crippen LogP contribution in [-0.4, -0.2) is 23.5 Å². The van der Waals surface area contributed by atoms with Crippen LogP contribution in [0.3, 0.4) is 0 Å². The third-order valence-corrected chi connectivity index (χ3v) is 4.00. The molecule has 22 heavy (non-hydrogen) atoms. The number of hydrogen-bond acceptors (Lipinski definition) is 2. The minimum atomic E-state index is -0.410. The maximum atomic E-state index is 12.2. The number of hydrogen-bond donors (Lipinski definition) is 2. The molecule has 4 N–H and O–H groups in total. The monoisotopic (exact) mass is 302 g/mol. The molecule has 0 fully saturated rings. The lowest BCUT2D eigenvalue weighted by Crippen LogP contribution is -2.25. The summed E-state index contributed by atoms with van der Waals surface area (Å²) >= 11 is 0. The second kappa shape index (κ2) is 5.81. The van der Waals surface area contributed by atoms with Crippen LogP contribution in [-0.2, 0) is 11.3 Å². The highest BCUT2D eigenvalue weighted by Gasteiger charge is 2.26. The average molecular weight is 302 g/mol. The van der Waals surface area contributed by atoms with Gasteiger partial charge in [-0.15, -0.1) is 0 Å². The third kappa shape index (κ3) is 2.35. The number of ether oxygens (including phenoxy) is 1. The number of aryl methyl sites for hydroxylation is 2. The second-order valence-corrected chi connectivity index (χ2v) is 5.27. The SMILES string of the molecule is C.COC1CCn2c(C(=O)N=C(N)N)cc3c(C)ccc1c32. The highest BCUT2D eigenvalue weighted by molar-refractivity contribution is 6.05. The van der Waals surface area contributed by atoms with Crippen molar-refractivity contribution in [1.82, 2.24) is 4.57 Å². The van der Waals surface area contributed by atoms with Crippen LogP contribution in [0.5, 0.6) is 0 Å². The van der Waals surface area contributed by atoms with Gasteiger partial charge in [0.25, 0.3) is 5.91 Å². The van der Waals surface area contributed by atoms with Crippen LogP contribution in [0.25, 0.3) is 10.9 Å². The lowest BCUT2D eigenvalue weighted by atomic mass is 9.98. The zero-order valence-electron chi connectivity index (χ0n) is 12.1. The predicted octanol–water partition coefficient (Wildman–Crippen LogP) is 2.09. The predicted molar refractivity (Wildman–Crippen MR) is 87.9 cm³/mol. The molecule has 0 spiro atoms. The van der Waals surface area contributed by atoms with E-state index in [0.717, 1.165) is 28.5 Å². The Morgan fingerprint density at radius 2 is 2.14 bits per heavy atom. The molecule has 1 atom stereocenters. The Morgan fingerprint density at radius 1 is 1.41 bits per heavy atom. The number of amides is 1. The quantitative estimate of drug-likeness (QED) is 0.656. The number of aromatic nitrogens is 1. The molecular weight excluding hydrogens is 280 g/mol. The van der Waals surface area contributed by atoms with Crippen molar-refractivity contribution in [1.29, 1.82) is 0 Å². The fraction of sp³-hybridized carbons (Fsp3) is 0.375. The van der Waals surface area contributed by atoms with Gasteiger partial charge in [-0.05, 0) is 25.0 Å². The Balaban J connectivity index is 0.00000176. The van der Waals surface area contributed by atoms with Crippen LogP contribution in [0, 0.1) is 6.92 Å². The number of nitrogens with zero attached hydrogens (tertiary/aromatic N) is 2. The maximum Gasteiger partial charge on any atom is 0.296 e. The standard InChI is InChI=1S/C15H18N4O2.CH4/c1-8-3-4-9-12(21-2)5-6-19-11(7-10(8)13(9)19)14(20)18-15(16)17;/h3-4,7,12H,5-6H2,1-2H3,(H4,16,17,18,20);1H4. The van der Waals surface area contributed by atoms with Crippen molar-refractivity contribution in [2.45, 2.75) is 33.4 Å². The number of carbonyl (C=O) groups excluding carboxylic acids is 1. The fourth-order valence-electron chi connectivity index (χ4n) is 3.03. The molecular formula is C16H22N4O2. The molecule has 2 aromatic rings. The van der Waals surface area contributed by atoms with Crippen LogP contribution >= 0.6 is 0 Å². The molecule has 0 saturated carbocycles. The number of nitrogens with two attached hydrogens (primary N) is 2. The minimum absolute atomic E-state index is 0. The van der Waals surface area contributed by atoms with Gasteiger partial charge >= 0.3 is 0 Å². The summed E-state index contributed by atoms with van der Waals surface area (Å²) in [4.78, 5) is 15.9. The first kappa shape index (κ1) is 16.0. The number of carbonyl (C=O) groups is 1. The Bertz CT molecular complexity index is 757. The number of rotatable bonds is 2. The molecule has 1 amide bonds. The largest absolute Gasteiger partial charge is 0.377 e. The maximum absolute atomic E-state index is 12.2. The smallest absolute Gasteiger partial charge is 0.296 e. The van der Waals surface area contributed by atoms with Crippen molar-refractivity contribution in [2.24, 2.45) is 16.5 Å². The topological polar surface area (TPSA) is 95.6 Å². The van der Waals surface area contributed by atoms with Crippen molar-refractivity contribution >= 4 is 22.8 Å². The molecule has 6 heteroatoms. The van der Waals surface area contributed by atoms with E-state index >= 15 is 0 Å². The van der Waals surface area contributed by atoms with Crippen molar-refractivity contribution in [3.63, 3.8) is 0 Å². The van der Waals surface area contributed by atoms with Crippen molar-refractivity contribution in [3.8, 4) is 0 Å². The molecule has 0 bridgehead atoms. The van der Waals surface area contributed by atoms with Gasteiger partial charge < -0.3 is 20.8 Å². The summed E-state index contributed by atoms with van der Waals surface area (Å²) in [6.07, 6.45) is 0.875. The van der Waals surface area contributed by atoms with E-state index in [0.29, 0.717) is 12.2 Å². The molecule has 1 aromatic heterocycles. The van der Waals surface area contributed by atoms with E-state index in [1.165, 1.54) is 0 Å². The summed E-state index contributed by atoms with van der Waals surface area (Å²) in [6.45, 7) is 2.73. The van der Waals surface area contributed by atoms with Gasteiger partial charge in [-0.1, -0.05) is 19.6 Å². The van der Waals surface area contributed by atoms with Crippen molar-refractivity contribution in [2.75, 3.05) is 7.11 Å². The normalized spacial score (nSPS) is 16.2. The summed E-state index contributed by atoms with van der Waals surface area (Å²) < 4.78 is 7.53. The van der Waals surface area contributed by atoms with Crippen LogP contribution in [0.15, 0.2) is 23.2 Å². The summed E-state index contributed by atoms with van der Waals surface area (Å²) in [5, 5.41) is 1.04. The van der Waals surface area contributed by atoms with E-state index in [1.807, 2.05) is 23.6 Å². The molecule has 0 radical (unpaired) electrons. The average Bonchev–Trinajstić information content (AvgIpc) is 2.83. The van der Waals surface area contributed by atoms with Gasteiger partial charge in [0.15, 0.2) is 5.96 Å². The summed E-state index contributed by atoms with van der Waals surface area (Å²) in [7, 11) is 1.71. The molecule has 1 aliphatic rings. The first-order valence-electron chi connectivity index (χ1n) is 6.82. The Kier molecular flexibility index (Phi) is 4.23. The van der Waals surface area contributed by atoms with Crippen LogP contribution in [0.1, 0.15) is 41.6 Å². The van der Waals surface area contributed by atoms with Crippen LogP contribution in [0.4, 0.5) is 0 Å². The van der Waals surface area contributed by atoms with E-state index in [9.17, 15) is 4.79 Å². The van der Waals surface area contributed by atoms with Gasteiger partial charge in [-0.25, -0.2) is 0 Å². The number of benzene rings is 1. The Morgan fingerprint density at radius 3 is 2.77 bits per heavy atom. The first-order valence-corrected chi connectivity index (χ1v) is 6.82. The summed E-state index contributed by atoms with van der Waals surface area (Å²) in [5.74, 6) is -0.631. The fourth-order valence-corrected chi connectivity index (χ4v) is 3.03. The van der Waals surface area contributed by atoms with Gasteiger partial charge in [-0.3, -0.25) is 4.79 Å². The Hall–Kier alpha value is -2.34. The van der Waals surface area contributed by atoms with Crippen molar-refractivity contribution < 1.29 is 9.53 Å². The van der Waals surface area contributed by atoms with E-state index in [2.05, 4.69) is 11.1 Å². The molecule has 0 saturated heterocycles. The third-order valence-electron chi connectivity index (χ3n) is 4.00. The molecule has 118 valence electrons. The Labute approximate surface area is 129 Å². The van der Waals surface area contributed by atoms with Crippen LogP contribution in [0.2, 0.25) is 0 Å². The molecule has 0 aliphatic carbocycles. The number of methoxy groups -OCH3 is 1. The summed E-state index contributed by atoms with van der Waals surface area (Å²) in [5.41, 5.74) is 14.4.